The summed E-state index contributed by atoms with van der Waals surface area (Å²) in [6.07, 6.45) is 9.11. The van der Waals surface area contributed by atoms with Crippen LogP contribution in [0.4, 0.5) is 0 Å². The molecule has 0 spiro atoms. The predicted molar refractivity (Wildman–Crippen MR) is 163 cm³/mol. The van der Waals surface area contributed by atoms with Crippen LogP contribution < -0.4 is 0 Å². The zero-order chi connectivity index (χ0) is 32.2. The number of aliphatic hydroxyl groups is 8. The molecule has 2 aliphatic heterocycles. The molecule has 2 saturated heterocycles. The average Bonchev–Trinajstić information content (AvgIpc) is 3.03. The van der Waals surface area contributed by atoms with Gasteiger partial charge in [0.05, 0.1) is 13.2 Å². The first kappa shape index (κ1) is 39.7. The van der Waals surface area contributed by atoms with Crippen LogP contribution in [0, 0.1) is 0 Å². The van der Waals surface area contributed by atoms with Crippen LogP contribution in [0.2, 0.25) is 0 Å². The van der Waals surface area contributed by atoms with Gasteiger partial charge < -0.3 is 59.8 Å². The standard InChI is InChI=1S/C32H62O12/c33-21-23-25(35)27(37)29(39)31(43-23)41-19-17-15-13-11-9-7-5-3-1-2-4-6-8-10-12-14-16-18-20-42-32-30(40)28(38)26(36)24(22-34)44-32/h23-40H,1-22H2/t23-,24-,25+,26+,27+,28+,29-,30-,31+,32+/m1/s1. The fourth-order valence-electron chi connectivity index (χ4n) is 5.84. The molecule has 262 valence electrons. The smallest absolute Gasteiger partial charge is 0.186 e. The first-order chi connectivity index (χ1) is 21.3. The van der Waals surface area contributed by atoms with E-state index in [1.54, 1.807) is 0 Å². The second-order valence-corrected chi connectivity index (χ2v) is 12.5. The maximum absolute atomic E-state index is 9.98. The second kappa shape index (κ2) is 23.8. The molecule has 44 heavy (non-hydrogen) atoms. The minimum Gasteiger partial charge on any atom is -0.394 e. The maximum Gasteiger partial charge on any atom is 0.186 e. The van der Waals surface area contributed by atoms with Gasteiger partial charge in [0.2, 0.25) is 0 Å². The molecule has 0 aliphatic carbocycles. The minimum atomic E-state index is -1.40. The van der Waals surface area contributed by atoms with Gasteiger partial charge in [-0.15, -0.1) is 0 Å². The molecule has 8 N–H and O–H groups in total. The lowest BCUT2D eigenvalue weighted by Gasteiger charge is -2.39. The van der Waals surface area contributed by atoms with E-state index in [2.05, 4.69) is 0 Å². The Bertz CT molecular complexity index is 628. The van der Waals surface area contributed by atoms with Gasteiger partial charge in [-0.05, 0) is 12.8 Å². The topological polar surface area (TPSA) is 199 Å². The van der Waals surface area contributed by atoms with E-state index in [9.17, 15) is 40.9 Å². The quantitative estimate of drug-likeness (QED) is 0.0674. The van der Waals surface area contributed by atoms with Crippen LogP contribution in [-0.4, -0.2) is 129 Å². The molecule has 2 rings (SSSR count). The van der Waals surface area contributed by atoms with Crippen molar-refractivity contribution in [2.75, 3.05) is 26.4 Å². The van der Waals surface area contributed by atoms with Gasteiger partial charge in [-0.3, -0.25) is 0 Å². The van der Waals surface area contributed by atoms with Crippen LogP contribution in [0.5, 0.6) is 0 Å². The van der Waals surface area contributed by atoms with Gasteiger partial charge in [0.25, 0.3) is 0 Å². The molecule has 0 saturated carbocycles. The summed E-state index contributed by atoms with van der Waals surface area (Å²) in [5.74, 6) is 0. The van der Waals surface area contributed by atoms with Crippen molar-refractivity contribution in [3.63, 3.8) is 0 Å². The molecule has 0 aromatic rings. The van der Waals surface area contributed by atoms with E-state index < -0.39 is 74.6 Å². The Morgan fingerprint density at radius 1 is 0.341 bits per heavy atom. The lowest BCUT2D eigenvalue weighted by molar-refractivity contribution is -0.301. The van der Waals surface area contributed by atoms with Gasteiger partial charge in [-0.2, -0.15) is 0 Å². The van der Waals surface area contributed by atoms with Gasteiger partial charge >= 0.3 is 0 Å². The lowest BCUT2D eigenvalue weighted by Crippen LogP contribution is -2.59. The van der Waals surface area contributed by atoms with E-state index in [-0.39, 0.29) is 0 Å². The Morgan fingerprint density at radius 3 is 0.841 bits per heavy atom. The van der Waals surface area contributed by atoms with Crippen LogP contribution in [-0.2, 0) is 18.9 Å². The number of rotatable bonds is 25. The molecule has 0 radical (unpaired) electrons. The fraction of sp³-hybridized carbons (Fsp3) is 1.00. The SMILES string of the molecule is OC[C@H]1O[C@H](OCCCCCCCCCCCCCCCCCCCCO[C@H]2O[C@H](CO)[C@H](O)[C@H](O)[C@H]2O)[C@H](O)[C@@H](O)[C@H]1O. The van der Waals surface area contributed by atoms with Crippen LogP contribution in [0.1, 0.15) is 116 Å². The fourth-order valence-corrected chi connectivity index (χ4v) is 5.84. The van der Waals surface area contributed by atoms with E-state index in [0.29, 0.717) is 13.2 Å². The minimum absolute atomic E-state index is 0.398. The summed E-state index contributed by atoms with van der Waals surface area (Å²) in [4.78, 5) is 0. The first-order valence-corrected chi connectivity index (χ1v) is 17.2. The van der Waals surface area contributed by atoms with E-state index in [4.69, 9.17) is 18.9 Å². The van der Waals surface area contributed by atoms with E-state index >= 15 is 0 Å². The van der Waals surface area contributed by atoms with Gasteiger partial charge in [0.1, 0.15) is 48.8 Å². The van der Waals surface area contributed by atoms with Crippen molar-refractivity contribution < 1.29 is 59.8 Å². The molecule has 0 bridgehead atoms. The highest BCUT2D eigenvalue weighted by Gasteiger charge is 2.44. The van der Waals surface area contributed by atoms with Crippen molar-refractivity contribution in [1.29, 1.82) is 0 Å². The number of hydrogen-bond acceptors (Lipinski definition) is 12. The lowest BCUT2D eigenvalue weighted by atomic mass is 9.99. The highest BCUT2D eigenvalue weighted by molar-refractivity contribution is 4.89. The van der Waals surface area contributed by atoms with Crippen molar-refractivity contribution in [3.8, 4) is 0 Å². The van der Waals surface area contributed by atoms with Crippen molar-refractivity contribution in [2.24, 2.45) is 0 Å². The third kappa shape index (κ3) is 14.5. The molecule has 2 fully saturated rings. The summed E-state index contributed by atoms with van der Waals surface area (Å²) < 4.78 is 21.7. The van der Waals surface area contributed by atoms with Crippen molar-refractivity contribution in [1.82, 2.24) is 0 Å². The molecule has 12 nitrogen and oxygen atoms in total. The summed E-state index contributed by atoms with van der Waals surface area (Å²) in [6.45, 7) is -0.104. The predicted octanol–water partition coefficient (Wildman–Crippen LogP) is 1.64. The first-order valence-electron chi connectivity index (χ1n) is 17.2. The summed E-state index contributed by atoms with van der Waals surface area (Å²) in [5, 5.41) is 77.6. The molecule has 0 aromatic carbocycles. The monoisotopic (exact) mass is 638 g/mol. The van der Waals surface area contributed by atoms with E-state index in [1.165, 1.54) is 77.0 Å². The summed E-state index contributed by atoms with van der Waals surface area (Å²) in [5.41, 5.74) is 0. The highest BCUT2D eigenvalue weighted by Crippen LogP contribution is 2.24. The third-order valence-corrected chi connectivity index (χ3v) is 8.80. The molecule has 0 aromatic heterocycles. The molecule has 2 heterocycles. The van der Waals surface area contributed by atoms with Crippen molar-refractivity contribution in [3.05, 3.63) is 0 Å². The van der Waals surface area contributed by atoms with Gasteiger partial charge in [0.15, 0.2) is 12.6 Å². The zero-order valence-corrected chi connectivity index (χ0v) is 26.5. The Labute approximate surface area is 263 Å². The van der Waals surface area contributed by atoms with Crippen molar-refractivity contribution >= 4 is 0 Å². The average molecular weight is 639 g/mol. The normalized spacial score (nSPS) is 32.7. The van der Waals surface area contributed by atoms with Gasteiger partial charge in [-0.25, -0.2) is 0 Å². The Hall–Kier alpha value is -0.480. The third-order valence-electron chi connectivity index (χ3n) is 8.80. The number of unbranched alkanes of at least 4 members (excludes halogenated alkanes) is 17. The number of aliphatic hydroxyl groups excluding tert-OH is 8. The van der Waals surface area contributed by atoms with E-state index in [1.807, 2.05) is 0 Å². The van der Waals surface area contributed by atoms with Crippen LogP contribution >= 0.6 is 0 Å². The molecule has 10 atom stereocenters. The maximum atomic E-state index is 9.98. The summed E-state index contributed by atoms with van der Waals surface area (Å²) in [6, 6.07) is 0. The Kier molecular flexibility index (Phi) is 21.5. The molecule has 2 aliphatic rings. The van der Waals surface area contributed by atoms with Crippen LogP contribution in [0.25, 0.3) is 0 Å². The molecule has 0 unspecified atom stereocenters. The highest BCUT2D eigenvalue weighted by atomic mass is 16.7. The van der Waals surface area contributed by atoms with Crippen molar-refractivity contribution in [2.45, 2.75) is 177 Å². The summed E-state index contributed by atoms with van der Waals surface area (Å²) in [7, 11) is 0. The van der Waals surface area contributed by atoms with Crippen LogP contribution in [0.15, 0.2) is 0 Å². The molecule has 0 amide bonds. The number of hydrogen-bond donors (Lipinski definition) is 8. The molecule has 12 heteroatoms. The van der Waals surface area contributed by atoms with Crippen LogP contribution in [0.3, 0.4) is 0 Å². The van der Waals surface area contributed by atoms with Gasteiger partial charge in [-0.1, -0.05) is 103 Å². The Morgan fingerprint density at radius 2 is 0.591 bits per heavy atom. The zero-order valence-electron chi connectivity index (χ0n) is 26.5. The molecular weight excluding hydrogens is 576 g/mol. The number of ether oxygens (including phenoxy) is 4. The van der Waals surface area contributed by atoms with Gasteiger partial charge in [0, 0.05) is 13.2 Å². The Balaban J connectivity index is 1.27. The summed E-state index contributed by atoms with van der Waals surface area (Å²) >= 11 is 0. The largest absolute Gasteiger partial charge is 0.394 e. The molecular formula is C32H62O12. The van der Waals surface area contributed by atoms with E-state index in [0.717, 1.165) is 38.5 Å². The second-order valence-electron chi connectivity index (χ2n) is 12.5.